The standard InChI is InChI=1S/C20H28FN5O3S/c1-14-18(12-15-6-8-17(9-7-15)30(28,29)25(4)5)19(20(27)24(2)3)23-26(14)13-16(21)10-11-22/h6-10H,11-13,22H2,1-5H3/b16-10-. The van der Waals surface area contributed by atoms with E-state index in [2.05, 4.69) is 5.10 Å². The highest BCUT2D eigenvalue weighted by molar-refractivity contribution is 7.89. The number of carbonyl (C=O) groups excluding carboxylic acids is 1. The zero-order valence-corrected chi connectivity index (χ0v) is 18.7. The lowest BCUT2D eigenvalue weighted by atomic mass is 10.0. The third-order valence-electron chi connectivity index (χ3n) is 4.66. The molecule has 1 amide bonds. The highest BCUT2D eigenvalue weighted by Crippen LogP contribution is 2.22. The lowest BCUT2D eigenvalue weighted by Gasteiger charge is -2.12. The second-order valence-corrected chi connectivity index (χ2v) is 9.42. The number of nitrogens with two attached hydrogens (primary N) is 1. The number of nitrogens with zero attached hydrogens (tertiary/aromatic N) is 4. The minimum absolute atomic E-state index is 0.0741. The predicted molar refractivity (Wildman–Crippen MR) is 113 cm³/mol. The number of hydrogen-bond donors (Lipinski definition) is 1. The largest absolute Gasteiger partial charge is 0.343 e. The van der Waals surface area contributed by atoms with E-state index in [0.29, 0.717) is 17.7 Å². The molecule has 1 aromatic carbocycles. The summed E-state index contributed by atoms with van der Waals surface area (Å²) >= 11 is 0. The Morgan fingerprint density at radius 2 is 1.80 bits per heavy atom. The Labute approximate surface area is 176 Å². The average molecular weight is 438 g/mol. The van der Waals surface area contributed by atoms with Crippen molar-refractivity contribution in [3.8, 4) is 0 Å². The summed E-state index contributed by atoms with van der Waals surface area (Å²) in [6.45, 7) is 1.73. The highest BCUT2D eigenvalue weighted by Gasteiger charge is 2.23. The van der Waals surface area contributed by atoms with Gasteiger partial charge >= 0.3 is 0 Å². The van der Waals surface area contributed by atoms with E-state index >= 15 is 0 Å². The van der Waals surface area contributed by atoms with Crippen molar-refractivity contribution in [2.45, 2.75) is 24.8 Å². The van der Waals surface area contributed by atoms with Crippen LogP contribution in [0, 0.1) is 6.92 Å². The summed E-state index contributed by atoms with van der Waals surface area (Å²) in [6.07, 6.45) is 1.61. The van der Waals surface area contributed by atoms with Gasteiger partial charge in [0, 0.05) is 52.4 Å². The molecule has 1 aromatic heterocycles. The van der Waals surface area contributed by atoms with E-state index in [1.54, 1.807) is 33.2 Å². The van der Waals surface area contributed by atoms with Crippen molar-refractivity contribution in [2.24, 2.45) is 5.73 Å². The molecule has 0 radical (unpaired) electrons. The molecule has 0 aliphatic heterocycles. The summed E-state index contributed by atoms with van der Waals surface area (Å²) in [5.74, 6) is -0.724. The Hall–Kier alpha value is -2.56. The molecule has 2 N–H and O–H groups in total. The topological polar surface area (TPSA) is 102 Å². The monoisotopic (exact) mass is 437 g/mol. The number of sulfonamides is 1. The lowest BCUT2D eigenvalue weighted by Crippen LogP contribution is -2.23. The van der Waals surface area contributed by atoms with Crippen molar-refractivity contribution in [2.75, 3.05) is 34.7 Å². The third kappa shape index (κ3) is 5.13. The van der Waals surface area contributed by atoms with E-state index in [1.807, 2.05) is 0 Å². The molecule has 0 atom stereocenters. The molecule has 0 aliphatic carbocycles. The molecule has 1 heterocycles. The number of rotatable bonds is 8. The quantitative estimate of drug-likeness (QED) is 0.675. The van der Waals surface area contributed by atoms with Crippen LogP contribution in [0.3, 0.4) is 0 Å². The van der Waals surface area contributed by atoms with Crippen LogP contribution in [0.25, 0.3) is 0 Å². The van der Waals surface area contributed by atoms with Crippen LogP contribution in [0.4, 0.5) is 4.39 Å². The van der Waals surface area contributed by atoms with Crippen molar-refractivity contribution < 1.29 is 17.6 Å². The summed E-state index contributed by atoms with van der Waals surface area (Å²) in [5.41, 5.74) is 7.72. The van der Waals surface area contributed by atoms with Crippen LogP contribution in [0.5, 0.6) is 0 Å². The van der Waals surface area contributed by atoms with E-state index in [1.165, 1.54) is 41.9 Å². The molecular weight excluding hydrogens is 409 g/mol. The fraction of sp³-hybridized carbons (Fsp3) is 0.400. The second kappa shape index (κ2) is 9.50. The minimum atomic E-state index is -3.52. The molecule has 8 nitrogen and oxygen atoms in total. The summed E-state index contributed by atoms with van der Waals surface area (Å²) in [4.78, 5) is 14.2. The molecule has 0 aliphatic rings. The van der Waals surface area contributed by atoms with Crippen LogP contribution in [0.15, 0.2) is 41.1 Å². The van der Waals surface area contributed by atoms with Crippen molar-refractivity contribution >= 4 is 15.9 Å². The summed E-state index contributed by atoms with van der Waals surface area (Å²) in [5, 5.41) is 4.33. The van der Waals surface area contributed by atoms with Gasteiger partial charge in [-0.05, 0) is 30.7 Å². The molecule has 2 rings (SSSR count). The number of aromatic nitrogens is 2. The Kier molecular flexibility index (Phi) is 7.51. The SMILES string of the molecule is Cc1c(Cc2ccc(S(=O)(=O)N(C)C)cc2)c(C(=O)N(C)C)nn1C/C(F)=C/CN. The fourth-order valence-electron chi connectivity index (χ4n) is 2.86. The molecule has 10 heteroatoms. The van der Waals surface area contributed by atoms with E-state index < -0.39 is 15.9 Å². The molecule has 0 bridgehead atoms. The molecule has 2 aromatic rings. The van der Waals surface area contributed by atoms with Crippen LogP contribution in [-0.2, 0) is 23.0 Å². The number of halogens is 1. The fourth-order valence-corrected chi connectivity index (χ4v) is 3.76. The normalized spacial score (nSPS) is 12.5. The highest BCUT2D eigenvalue weighted by atomic mass is 32.2. The Balaban J connectivity index is 2.43. The second-order valence-electron chi connectivity index (χ2n) is 7.26. The maximum absolute atomic E-state index is 14.0. The Morgan fingerprint density at radius 3 is 2.30 bits per heavy atom. The van der Waals surface area contributed by atoms with Crippen molar-refractivity contribution in [1.82, 2.24) is 19.0 Å². The Bertz CT molecular complexity index is 1040. The number of carbonyl (C=O) groups is 1. The third-order valence-corrected chi connectivity index (χ3v) is 6.49. The Morgan fingerprint density at radius 1 is 1.20 bits per heavy atom. The zero-order valence-electron chi connectivity index (χ0n) is 17.9. The van der Waals surface area contributed by atoms with Crippen molar-refractivity contribution in [1.29, 1.82) is 0 Å². The van der Waals surface area contributed by atoms with E-state index in [0.717, 1.165) is 9.87 Å². The van der Waals surface area contributed by atoms with Gasteiger partial charge in [-0.2, -0.15) is 5.10 Å². The zero-order chi connectivity index (χ0) is 22.6. The van der Waals surface area contributed by atoms with Gasteiger partial charge < -0.3 is 10.6 Å². The van der Waals surface area contributed by atoms with Crippen LogP contribution in [0.2, 0.25) is 0 Å². The van der Waals surface area contributed by atoms with E-state index in [4.69, 9.17) is 5.73 Å². The smallest absolute Gasteiger partial charge is 0.274 e. The predicted octanol–water partition coefficient (Wildman–Crippen LogP) is 1.55. The van der Waals surface area contributed by atoms with Gasteiger partial charge in [0.15, 0.2) is 5.69 Å². The van der Waals surface area contributed by atoms with Gasteiger partial charge in [-0.25, -0.2) is 17.1 Å². The van der Waals surface area contributed by atoms with Gasteiger partial charge in [-0.1, -0.05) is 12.1 Å². The average Bonchev–Trinajstić information content (AvgIpc) is 2.97. The van der Waals surface area contributed by atoms with E-state index in [-0.39, 0.29) is 29.6 Å². The first-order chi connectivity index (χ1) is 14.0. The maximum atomic E-state index is 14.0. The van der Waals surface area contributed by atoms with Crippen LogP contribution in [0.1, 0.15) is 27.3 Å². The van der Waals surface area contributed by atoms with Gasteiger partial charge in [0.2, 0.25) is 10.0 Å². The number of hydrogen-bond acceptors (Lipinski definition) is 5. The maximum Gasteiger partial charge on any atom is 0.274 e. The van der Waals surface area contributed by atoms with Gasteiger partial charge in [-0.15, -0.1) is 0 Å². The number of benzene rings is 1. The van der Waals surface area contributed by atoms with Gasteiger partial charge in [0.05, 0.1) is 11.4 Å². The molecule has 0 saturated heterocycles. The molecule has 0 spiro atoms. The van der Waals surface area contributed by atoms with Gasteiger partial charge in [-0.3, -0.25) is 9.48 Å². The first-order valence-corrected chi connectivity index (χ1v) is 10.8. The van der Waals surface area contributed by atoms with Crippen LogP contribution < -0.4 is 5.73 Å². The molecule has 0 saturated carbocycles. The molecule has 0 unspecified atom stereocenters. The minimum Gasteiger partial charge on any atom is -0.343 e. The summed E-state index contributed by atoms with van der Waals surface area (Å²) < 4.78 is 41.1. The molecular formula is C20H28FN5O3S. The van der Waals surface area contributed by atoms with Crippen molar-refractivity contribution in [3.63, 3.8) is 0 Å². The first-order valence-electron chi connectivity index (χ1n) is 9.33. The number of amides is 1. The lowest BCUT2D eigenvalue weighted by molar-refractivity contribution is 0.0820. The summed E-state index contributed by atoms with van der Waals surface area (Å²) in [6, 6.07) is 6.46. The molecule has 164 valence electrons. The summed E-state index contributed by atoms with van der Waals surface area (Å²) in [7, 11) is 2.66. The first kappa shape index (κ1) is 23.7. The number of allylic oxidation sites excluding steroid dienone is 1. The van der Waals surface area contributed by atoms with Crippen LogP contribution in [-0.4, -0.2) is 68.0 Å². The van der Waals surface area contributed by atoms with Crippen molar-refractivity contribution in [3.05, 3.63) is 58.7 Å². The molecule has 0 fully saturated rings. The van der Waals surface area contributed by atoms with Crippen LogP contribution >= 0.6 is 0 Å². The van der Waals surface area contributed by atoms with Gasteiger partial charge in [0.1, 0.15) is 5.83 Å². The van der Waals surface area contributed by atoms with Gasteiger partial charge in [0.25, 0.3) is 5.91 Å². The molecule has 30 heavy (non-hydrogen) atoms. The van der Waals surface area contributed by atoms with E-state index in [9.17, 15) is 17.6 Å².